The predicted molar refractivity (Wildman–Crippen MR) is 120 cm³/mol. The van der Waals surface area contributed by atoms with Gasteiger partial charge < -0.3 is 20.3 Å². The number of hydrogen-bond donors (Lipinski definition) is 2. The lowest BCUT2D eigenvalue weighted by atomic mass is 9.94. The highest BCUT2D eigenvalue weighted by Gasteiger charge is 2.39. The number of halogens is 1. The normalized spacial score (nSPS) is 23.2. The predicted octanol–water partition coefficient (Wildman–Crippen LogP) is 2.39. The molecule has 4 rings (SSSR count). The molecule has 2 fully saturated rings. The van der Waals surface area contributed by atoms with Crippen LogP contribution in [0.25, 0.3) is 0 Å². The highest BCUT2D eigenvalue weighted by molar-refractivity contribution is 6.30. The van der Waals surface area contributed by atoms with Crippen molar-refractivity contribution in [2.24, 2.45) is 0 Å². The van der Waals surface area contributed by atoms with E-state index in [1.54, 1.807) is 0 Å². The molecule has 0 bridgehead atoms. The number of piperidine rings is 1. The summed E-state index contributed by atoms with van der Waals surface area (Å²) < 4.78 is 5.04. The maximum atomic E-state index is 12.3. The number of methoxy groups -OCH3 is 1. The van der Waals surface area contributed by atoms with E-state index in [1.165, 1.54) is 12.7 Å². The number of nitrogens with two attached hydrogens (primary N) is 1. The Kier molecular flexibility index (Phi) is 6.52. The van der Waals surface area contributed by atoms with Crippen LogP contribution in [0.1, 0.15) is 25.3 Å². The van der Waals surface area contributed by atoms with E-state index in [2.05, 4.69) is 44.0 Å². The van der Waals surface area contributed by atoms with Crippen LogP contribution >= 0.6 is 11.6 Å². The van der Waals surface area contributed by atoms with Gasteiger partial charge in [0.25, 0.3) is 0 Å². The maximum Gasteiger partial charge on any atom is 0.409 e. The summed E-state index contributed by atoms with van der Waals surface area (Å²) in [5.41, 5.74) is 6.90. The lowest BCUT2D eigenvalue weighted by Gasteiger charge is -2.49. The van der Waals surface area contributed by atoms with Gasteiger partial charge in [0.05, 0.1) is 7.11 Å². The van der Waals surface area contributed by atoms with Gasteiger partial charge in [0, 0.05) is 49.3 Å². The monoisotopic (exact) mass is 447 g/mol. The van der Waals surface area contributed by atoms with E-state index in [1.807, 2.05) is 17.0 Å². The molecule has 1 aromatic carbocycles. The van der Waals surface area contributed by atoms with Gasteiger partial charge in [0.1, 0.15) is 0 Å². The zero-order chi connectivity index (χ0) is 22.0. The topological polar surface area (TPSA) is 104 Å². The van der Waals surface area contributed by atoms with Crippen molar-refractivity contribution in [3.8, 4) is 0 Å². The largest absolute Gasteiger partial charge is 0.453 e. The Hall–Kier alpha value is -2.52. The molecule has 3 N–H and O–H groups in total. The van der Waals surface area contributed by atoms with E-state index >= 15 is 0 Å². The van der Waals surface area contributed by atoms with Crippen LogP contribution in [0.4, 0.5) is 16.7 Å². The van der Waals surface area contributed by atoms with Crippen molar-refractivity contribution < 1.29 is 9.53 Å². The number of piperazine rings is 1. The lowest BCUT2D eigenvalue weighted by molar-refractivity contribution is 0.00259. The zero-order valence-electron chi connectivity index (χ0n) is 18.0. The first-order valence-electron chi connectivity index (χ1n) is 10.7. The van der Waals surface area contributed by atoms with Crippen LogP contribution in [0, 0.1) is 0 Å². The van der Waals surface area contributed by atoms with E-state index in [0.717, 1.165) is 49.9 Å². The third-order valence-corrected chi connectivity index (χ3v) is 6.65. The summed E-state index contributed by atoms with van der Waals surface area (Å²) >= 11 is 6.07. The average Bonchev–Trinajstić information content (AvgIpc) is 3.22. The molecule has 1 amide bonds. The summed E-state index contributed by atoms with van der Waals surface area (Å²) in [4.78, 5) is 22.0. The molecule has 10 heteroatoms. The van der Waals surface area contributed by atoms with E-state index in [9.17, 15) is 4.79 Å². The Morgan fingerprint density at radius 3 is 2.55 bits per heavy atom. The molecule has 2 aliphatic rings. The number of benzene rings is 1. The fraction of sp³-hybridized carbons (Fsp3) is 0.571. The van der Waals surface area contributed by atoms with Crippen molar-refractivity contribution >= 4 is 29.6 Å². The van der Waals surface area contributed by atoms with Gasteiger partial charge in [0.2, 0.25) is 11.9 Å². The first-order chi connectivity index (χ1) is 14.9. The van der Waals surface area contributed by atoms with E-state index < -0.39 is 0 Å². The number of ether oxygens (including phenoxy) is 1. The molecule has 2 atom stereocenters. The second-order valence-corrected chi connectivity index (χ2v) is 8.84. The number of carbonyl (C=O) groups is 1. The molecule has 0 saturated carbocycles. The van der Waals surface area contributed by atoms with Gasteiger partial charge in [-0.1, -0.05) is 23.7 Å². The van der Waals surface area contributed by atoms with Crippen molar-refractivity contribution in [1.29, 1.82) is 0 Å². The number of anilines is 2. The number of aromatic nitrogens is 3. The minimum absolute atomic E-state index is 0.0982. The molecular weight excluding hydrogens is 418 g/mol. The van der Waals surface area contributed by atoms with Crippen LogP contribution in [0.5, 0.6) is 0 Å². The van der Waals surface area contributed by atoms with Crippen LogP contribution in [-0.2, 0) is 11.2 Å². The number of amides is 1. The molecule has 0 aliphatic carbocycles. The van der Waals surface area contributed by atoms with Gasteiger partial charge in [-0.25, -0.2) is 4.79 Å². The molecule has 0 radical (unpaired) electrons. The molecule has 31 heavy (non-hydrogen) atoms. The highest BCUT2D eigenvalue weighted by Crippen LogP contribution is 2.28. The van der Waals surface area contributed by atoms with Gasteiger partial charge in [-0.05, 0) is 43.9 Å². The third kappa shape index (κ3) is 4.88. The first-order valence-corrected chi connectivity index (χ1v) is 11.1. The molecule has 3 heterocycles. The van der Waals surface area contributed by atoms with E-state index in [4.69, 9.17) is 22.1 Å². The van der Waals surface area contributed by atoms with E-state index in [0.29, 0.717) is 18.5 Å². The standard InChI is InChI=1S/C21H30ClN7O2/c1-14-12-29(17-7-9-27(10-8-17)20-24-19(23)25-26-20)18(13-28(14)21(30)31-2)11-15-3-5-16(22)6-4-15/h3-6,14,17-18H,7-13H2,1-2H3,(H3,23,24,25,26)/t14-,18?/m0/s1. The number of carbonyl (C=O) groups excluding carboxylic acids is 1. The summed E-state index contributed by atoms with van der Waals surface area (Å²) in [6.45, 7) is 5.34. The summed E-state index contributed by atoms with van der Waals surface area (Å²) in [6.07, 6.45) is 2.63. The number of nitrogen functional groups attached to an aromatic ring is 1. The Labute approximate surface area is 187 Å². The Bertz CT molecular complexity index is 882. The fourth-order valence-electron chi connectivity index (χ4n) is 4.78. The van der Waals surface area contributed by atoms with Gasteiger partial charge in [0.15, 0.2) is 0 Å². The Balaban J connectivity index is 1.48. The second kappa shape index (κ2) is 9.32. The summed E-state index contributed by atoms with van der Waals surface area (Å²) in [5, 5.41) is 8.72. The first kappa shape index (κ1) is 21.7. The molecule has 1 unspecified atom stereocenters. The molecule has 9 nitrogen and oxygen atoms in total. The summed E-state index contributed by atoms with van der Waals surface area (Å²) in [7, 11) is 1.45. The maximum absolute atomic E-state index is 12.3. The number of rotatable bonds is 4. The quantitative estimate of drug-likeness (QED) is 0.741. The average molecular weight is 448 g/mol. The molecule has 2 saturated heterocycles. The van der Waals surface area contributed by atoms with Gasteiger partial charge in [-0.15, -0.1) is 10.2 Å². The Morgan fingerprint density at radius 2 is 1.94 bits per heavy atom. The van der Waals surface area contributed by atoms with Crippen molar-refractivity contribution in [3.63, 3.8) is 0 Å². The molecular formula is C21H30ClN7O2. The summed E-state index contributed by atoms with van der Waals surface area (Å²) in [6, 6.07) is 8.74. The smallest absolute Gasteiger partial charge is 0.409 e. The number of H-pyrrole nitrogens is 1. The minimum atomic E-state index is -0.258. The van der Waals surface area contributed by atoms with Crippen LogP contribution in [0.15, 0.2) is 24.3 Å². The lowest BCUT2D eigenvalue weighted by Crippen LogP contribution is -2.63. The Morgan fingerprint density at radius 1 is 1.23 bits per heavy atom. The highest BCUT2D eigenvalue weighted by atomic mass is 35.5. The van der Waals surface area contributed by atoms with Crippen LogP contribution in [0.2, 0.25) is 5.02 Å². The van der Waals surface area contributed by atoms with Crippen molar-refractivity contribution in [3.05, 3.63) is 34.9 Å². The number of nitrogens with zero attached hydrogens (tertiary/aromatic N) is 5. The second-order valence-electron chi connectivity index (χ2n) is 8.40. The molecule has 168 valence electrons. The molecule has 1 aromatic heterocycles. The third-order valence-electron chi connectivity index (χ3n) is 6.40. The minimum Gasteiger partial charge on any atom is -0.453 e. The molecule has 2 aliphatic heterocycles. The fourth-order valence-corrected chi connectivity index (χ4v) is 4.90. The van der Waals surface area contributed by atoms with Gasteiger partial charge >= 0.3 is 6.09 Å². The van der Waals surface area contributed by atoms with Crippen LogP contribution < -0.4 is 10.6 Å². The summed E-state index contributed by atoms with van der Waals surface area (Å²) in [5.74, 6) is 1.07. The number of nitrogens with one attached hydrogen (secondary N) is 1. The molecule has 0 spiro atoms. The van der Waals surface area contributed by atoms with Gasteiger partial charge in [-0.2, -0.15) is 0 Å². The number of aromatic amines is 1. The zero-order valence-corrected chi connectivity index (χ0v) is 18.8. The van der Waals surface area contributed by atoms with Crippen LogP contribution in [0.3, 0.4) is 0 Å². The van der Waals surface area contributed by atoms with Crippen molar-refractivity contribution in [2.45, 2.75) is 44.3 Å². The molecule has 2 aromatic rings. The SMILES string of the molecule is COC(=O)N1CC(Cc2ccc(Cl)cc2)N(C2CCN(c3nnc(N)[nH]3)CC2)C[C@@H]1C. The number of hydrogen-bond acceptors (Lipinski definition) is 7. The van der Waals surface area contributed by atoms with Crippen LogP contribution in [-0.4, -0.2) is 82.5 Å². The van der Waals surface area contributed by atoms with E-state index in [-0.39, 0.29) is 18.2 Å². The van der Waals surface area contributed by atoms with Crippen molar-refractivity contribution in [2.75, 3.05) is 43.9 Å². The van der Waals surface area contributed by atoms with Gasteiger partial charge in [-0.3, -0.25) is 9.88 Å². The van der Waals surface area contributed by atoms with Crippen molar-refractivity contribution in [1.82, 2.24) is 25.0 Å².